The third kappa shape index (κ3) is 3.04. The van der Waals surface area contributed by atoms with Crippen molar-refractivity contribution in [3.05, 3.63) is 29.3 Å². The van der Waals surface area contributed by atoms with Crippen molar-refractivity contribution in [2.75, 3.05) is 44.3 Å². The van der Waals surface area contributed by atoms with Crippen LogP contribution >= 0.6 is 0 Å². The summed E-state index contributed by atoms with van der Waals surface area (Å²) in [7, 11) is 0. The van der Waals surface area contributed by atoms with Gasteiger partial charge < -0.3 is 14.7 Å². The summed E-state index contributed by atoms with van der Waals surface area (Å²) >= 11 is 0. The molecule has 0 aromatic heterocycles. The summed E-state index contributed by atoms with van der Waals surface area (Å²) in [6.07, 6.45) is 1.17. The van der Waals surface area contributed by atoms with E-state index < -0.39 is 5.97 Å². The van der Waals surface area contributed by atoms with E-state index in [-0.39, 0.29) is 0 Å². The predicted molar refractivity (Wildman–Crippen MR) is 81.1 cm³/mol. The van der Waals surface area contributed by atoms with Gasteiger partial charge in [0.1, 0.15) is 0 Å². The molecule has 2 aliphatic heterocycles. The summed E-state index contributed by atoms with van der Waals surface area (Å²) in [5.74, 6) is -0.855. The molecule has 1 N–H and O–H groups in total. The van der Waals surface area contributed by atoms with Crippen molar-refractivity contribution >= 4 is 11.7 Å². The summed E-state index contributed by atoms with van der Waals surface area (Å²) in [5.41, 5.74) is 2.35. The molecule has 0 radical (unpaired) electrons. The normalized spacial score (nSPS) is 23.5. The molecule has 5 heteroatoms. The van der Waals surface area contributed by atoms with Crippen LogP contribution < -0.4 is 4.90 Å². The van der Waals surface area contributed by atoms with Crippen LogP contribution in [-0.2, 0) is 4.74 Å². The average molecular weight is 290 g/mol. The van der Waals surface area contributed by atoms with Gasteiger partial charge in [-0.25, -0.2) is 4.79 Å². The summed E-state index contributed by atoms with van der Waals surface area (Å²) in [5, 5.41) is 9.10. The number of morpholine rings is 1. The Morgan fingerprint density at radius 1 is 1.29 bits per heavy atom. The molecule has 5 nitrogen and oxygen atoms in total. The number of carboxylic acid groups (broad SMARTS) is 1. The molecule has 2 heterocycles. The molecule has 0 bridgehead atoms. The number of benzene rings is 1. The predicted octanol–water partition coefficient (Wildman–Crippen LogP) is 1.60. The number of anilines is 1. The second-order valence-electron chi connectivity index (χ2n) is 5.84. The lowest BCUT2D eigenvalue weighted by Crippen LogP contribution is -2.44. The van der Waals surface area contributed by atoms with E-state index in [2.05, 4.69) is 9.80 Å². The molecule has 0 amide bonds. The molecule has 0 spiro atoms. The summed E-state index contributed by atoms with van der Waals surface area (Å²) in [6.45, 7) is 7.64. The number of rotatable bonds is 3. The first-order chi connectivity index (χ1) is 10.1. The zero-order valence-electron chi connectivity index (χ0n) is 12.4. The van der Waals surface area contributed by atoms with Gasteiger partial charge in [0.15, 0.2) is 0 Å². The highest BCUT2D eigenvalue weighted by molar-refractivity contribution is 5.89. The van der Waals surface area contributed by atoms with Gasteiger partial charge in [0.2, 0.25) is 0 Å². The highest BCUT2D eigenvalue weighted by Gasteiger charge is 2.29. The molecule has 1 aromatic rings. The maximum absolute atomic E-state index is 11.1. The molecule has 21 heavy (non-hydrogen) atoms. The van der Waals surface area contributed by atoms with Crippen molar-refractivity contribution in [3.63, 3.8) is 0 Å². The van der Waals surface area contributed by atoms with Gasteiger partial charge in [0.05, 0.1) is 18.8 Å². The minimum Gasteiger partial charge on any atom is -0.478 e. The summed E-state index contributed by atoms with van der Waals surface area (Å²) in [6, 6.07) is 6.23. The van der Waals surface area contributed by atoms with Crippen LogP contribution in [0.1, 0.15) is 22.3 Å². The van der Waals surface area contributed by atoms with E-state index in [1.807, 2.05) is 19.1 Å². The van der Waals surface area contributed by atoms with Crippen LogP contribution in [-0.4, -0.2) is 61.4 Å². The van der Waals surface area contributed by atoms with Crippen LogP contribution in [0.4, 0.5) is 5.69 Å². The molecule has 0 aliphatic carbocycles. The van der Waals surface area contributed by atoms with Crippen LogP contribution in [0.25, 0.3) is 0 Å². The van der Waals surface area contributed by atoms with Crippen molar-refractivity contribution in [2.45, 2.75) is 19.4 Å². The van der Waals surface area contributed by atoms with Gasteiger partial charge in [-0.3, -0.25) is 4.90 Å². The van der Waals surface area contributed by atoms with E-state index in [4.69, 9.17) is 9.84 Å². The van der Waals surface area contributed by atoms with Crippen molar-refractivity contribution in [2.24, 2.45) is 0 Å². The largest absolute Gasteiger partial charge is 0.478 e. The van der Waals surface area contributed by atoms with Crippen LogP contribution in [0, 0.1) is 6.92 Å². The van der Waals surface area contributed by atoms with Crippen molar-refractivity contribution in [1.82, 2.24) is 4.90 Å². The third-order valence-electron chi connectivity index (χ3n) is 4.53. The lowest BCUT2D eigenvalue weighted by atomic mass is 10.1. The van der Waals surface area contributed by atoms with E-state index in [9.17, 15) is 4.79 Å². The van der Waals surface area contributed by atoms with Gasteiger partial charge in [-0.1, -0.05) is 0 Å². The quantitative estimate of drug-likeness (QED) is 0.916. The number of carbonyl (C=O) groups is 1. The van der Waals surface area contributed by atoms with Gasteiger partial charge in [-0.2, -0.15) is 0 Å². The standard InChI is InChI=1S/C16H22N2O3/c1-12-10-13(2-3-15(12)16(19)20)18-5-4-14(11-18)17-6-8-21-9-7-17/h2-3,10,14H,4-9,11H2,1H3,(H,19,20). The number of ether oxygens (including phenoxy) is 1. The van der Waals surface area contributed by atoms with E-state index >= 15 is 0 Å². The van der Waals surface area contributed by atoms with E-state index in [1.165, 1.54) is 6.42 Å². The lowest BCUT2D eigenvalue weighted by Gasteiger charge is -2.32. The van der Waals surface area contributed by atoms with Crippen LogP contribution in [0.3, 0.4) is 0 Å². The van der Waals surface area contributed by atoms with Gasteiger partial charge in [-0.15, -0.1) is 0 Å². The van der Waals surface area contributed by atoms with Crippen molar-refractivity contribution < 1.29 is 14.6 Å². The number of hydrogen-bond acceptors (Lipinski definition) is 4. The monoisotopic (exact) mass is 290 g/mol. The first-order valence-electron chi connectivity index (χ1n) is 7.56. The Labute approximate surface area is 125 Å². The third-order valence-corrected chi connectivity index (χ3v) is 4.53. The topological polar surface area (TPSA) is 53.0 Å². The fourth-order valence-corrected chi connectivity index (χ4v) is 3.30. The lowest BCUT2D eigenvalue weighted by molar-refractivity contribution is 0.0209. The molecule has 2 aliphatic rings. The Morgan fingerprint density at radius 2 is 2.05 bits per heavy atom. The van der Waals surface area contributed by atoms with Crippen molar-refractivity contribution in [3.8, 4) is 0 Å². The number of aromatic carboxylic acids is 1. The number of nitrogens with zero attached hydrogens (tertiary/aromatic N) is 2. The maximum Gasteiger partial charge on any atom is 0.335 e. The van der Waals surface area contributed by atoms with E-state index in [1.54, 1.807) is 6.07 Å². The first kappa shape index (κ1) is 14.4. The van der Waals surface area contributed by atoms with Gasteiger partial charge in [0.25, 0.3) is 0 Å². The Hall–Kier alpha value is -1.59. The maximum atomic E-state index is 11.1. The molecule has 1 atom stereocenters. The minimum atomic E-state index is -0.855. The smallest absolute Gasteiger partial charge is 0.335 e. The van der Waals surface area contributed by atoms with Gasteiger partial charge >= 0.3 is 5.97 Å². The molecule has 1 aromatic carbocycles. The Morgan fingerprint density at radius 3 is 2.71 bits per heavy atom. The summed E-state index contributed by atoms with van der Waals surface area (Å²) < 4.78 is 5.41. The fourth-order valence-electron chi connectivity index (χ4n) is 3.30. The van der Waals surface area contributed by atoms with Gasteiger partial charge in [-0.05, 0) is 37.1 Å². The zero-order valence-corrected chi connectivity index (χ0v) is 12.4. The molecular weight excluding hydrogens is 268 g/mol. The number of hydrogen-bond donors (Lipinski definition) is 1. The molecule has 114 valence electrons. The second-order valence-corrected chi connectivity index (χ2v) is 5.84. The Bertz CT molecular complexity index is 526. The van der Waals surface area contributed by atoms with E-state index in [0.717, 1.165) is 50.6 Å². The molecule has 2 saturated heterocycles. The Kier molecular flexibility index (Phi) is 4.12. The van der Waals surface area contributed by atoms with Crippen molar-refractivity contribution in [1.29, 1.82) is 0 Å². The van der Waals surface area contributed by atoms with Crippen LogP contribution in [0.15, 0.2) is 18.2 Å². The number of aryl methyl sites for hydroxylation is 1. The fraction of sp³-hybridized carbons (Fsp3) is 0.562. The average Bonchev–Trinajstić information content (AvgIpc) is 2.97. The highest BCUT2D eigenvalue weighted by atomic mass is 16.5. The second kappa shape index (κ2) is 6.03. The number of carboxylic acids is 1. The van der Waals surface area contributed by atoms with Gasteiger partial charge in [0, 0.05) is 37.9 Å². The molecular formula is C16H22N2O3. The molecule has 3 rings (SSSR count). The Balaban J connectivity index is 1.68. The molecule has 0 saturated carbocycles. The van der Waals surface area contributed by atoms with Crippen LogP contribution in [0.5, 0.6) is 0 Å². The molecule has 2 fully saturated rings. The molecule has 1 unspecified atom stereocenters. The zero-order chi connectivity index (χ0) is 14.8. The van der Waals surface area contributed by atoms with Crippen LogP contribution in [0.2, 0.25) is 0 Å². The highest BCUT2D eigenvalue weighted by Crippen LogP contribution is 2.25. The van der Waals surface area contributed by atoms with E-state index in [0.29, 0.717) is 11.6 Å². The minimum absolute atomic E-state index is 0.391. The summed E-state index contributed by atoms with van der Waals surface area (Å²) in [4.78, 5) is 16.0. The first-order valence-corrected chi connectivity index (χ1v) is 7.56. The SMILES string of the molecule is Cc1cc(N2CCC(N3CCOCC3)C2)ccc1C(=O)O.